The van der Waals surface area contributed by atoms with Crippen molar-refractivity contribution >= 4 is 62.7 Å². The summed E-state index contributed by atoms with van der Waals surface area (Å²) in [6.45, 7) is -0.382. The fourth-order valence-electron chi connectivity index (χ4n) is 2.91. The van der Waals surface area contributed by atoms with E-state index in [0.29, 0.717) is 27.2 Å². The van der Waals surface area contributed by atoms with E-state index in [1.54, 1.807) is 37.8 Å². The number of hydrogen-bond donors (Lipinski definition) is 1. The molecule has 4 rings (SSSR count). The van der Waals surface area contributed by atoms with Crippen LogP contribution in [0.3, 0.4) is 0 Å². The van der Waals surface area contributed by atoms with Gasteiger partial charge in [0.2, 0.25) is 5.91 Å². The zero-order valence-corrected chi connectivity index (χ0v) is 19.4. The van der Waals surface area contributed by atoms with Gasteiger partial charge in [-0.3, -0.25) is 19.3 Å². The highest BCUT2D eigenvalue weighted by atomic mass is 32.2. The Kier molecular flexibility index (Phi) is 6.58. The molecule has 0 aliphatic carbocycles. The molecular weight excluding hydrogens is 470 g/mol. The first-order chi connectivity index (χ1) is 15.5. The van der Waals surface area contributed by atoms with E-state index in [0.717, 1.165) is 27.1 Å². The van der Waals surface area contributed by atoms with Crippen LogP contribution in [0.4, 0.5) is 9.93 Å². The van der Waals surface area contributed by atoms with E-state index >= 15 is 0 Å². The molecular formula is C21H17N3O5S3. The molecule has 0 radical (unpaired) electrons. The summed E-state index contributed by atoms with van der Waals surface area (Å²) in [4.78, 5) is 43.8. The molecule has 1 aliphatic rings. The van der Waals surface area contributed by atoms with Crippen LogP contribution >= 0.6 is 34.4 Å². The molecule has 3 heterocycles. The number of ether oxygens (including phenoxy) is 2. The summed E-state index contributed by atoms with van der Waals surface area (Å²) < 4.78 is 10.6. The number of carbonyl (C=O) groups is 3. The van der Waals surface area contributed by atoms with Crippen molar-refractivity contribution in [2.45, 2.75) is 0 Å². The minimum Gasteiger partial charge on any atom is -0.497 e. The van der Waals surface area contributed by atoms with Crippen LogP contribution in [0.5, 0.6) is 11.5 Å². The second kappa shape index (κ2) is 9.55. The summed E-state index contributed by atoms with van der Waals surface area (Å²) in [7, 11) is 3.12. The van der Waals surface area contributed by atoms with E-state index in [1.807, 2.05) is 23.6 Å². The Bertz CT molecular complexity index is 1200. The number of imide groups is 1. The number of thiazole rings is 1. The van der Waals surface area contributed by atoms with Crippen LogP contribution in [-0.2, 0) is 9.59 Å². The zero-order valence-electron chi connectivity index (χ0n) is 17.0. The third kappa shape index (κ3) is 4.69. The number of aromatic nitrogens is 1. The molecule has 2 aromatic heterocycles. The molecule has 0 atom stereocenters. The maximum atomic E-state index is 12.5. The molecule has 164 valence electrons. The smallest absolute Gasteiger partial charge is 0.294 e. The van der Waals surface area contributed by atoms with E-state index in [4.69, 9.17) is 9.47 Å². The fourth-order valence-corrected chi connectivity index (χ4v) is 5.19. The third-order valence-corrected chi connectivity index (χ3v) is 6.91. The van der Waals surface area contributed by atoms with Gasteiger partial charge in [-0.25, -0.2) is 4.98 Å². The molecule has 1 aliphatic heterocycles. The van der Waals surface area contributed by atoms with Gasteiger partial charge in [0.1, 0.15) is 18.0 Å². The molecule has 8 nitrogen and oxygen atoms in total. The van der Waals surface area contributed by atoms with Crippen molar-refractivity contribution in [3.8, 4) is 22.8 Å². The lowest BCUT2D eigenvalue weighted by Crippen LogP contribution is -2.36. The highest BCUT2D eigenvalue weighted by Gasteiger charge is 2.36. The largest absolute Gasteiger partial charge is 0.497 e. The number of carbonyl (C=O) groups excluding carboxylic acids is 3. The lowest BCUT2D eigenvalue weighted by atomic mass is 10.1. The molecule has 1 aromatic carbocycles. The van der Waals surface area contributed by atoms with Gasteiger partial charge in [-0.1, -0.05) is 6.07 Å². The summed E-state index contributed by atoms with van der Waals surface area (Å²) in [6.07, 6.45) is 1.66. The second-order valence-corrected chi connectivity index (χ2v) is 9.27. The Morgan fingerprint density at radius 3 is 2.75 bits per heavy atom. The van der Waals surface area contributed by atoms with Gasteiger partial charge >= 0.3 is 0 Å². The van der Waals surface area contributed by atoms with Crippen molar-refractivity contribution in [1.82, 2.24) is 9.88 Å². The highest BCUT2D eigenvalue weighted by Crippen LogP contribution is 2.35. The van der Waals surface area contributed by atoms with Crippen molar-refractivity contribution in [2.75, 3.05) is 26.1 Å². The van der Waals surface area contributed by atoms with Crippen LogP contribution < -0.4 is 14.8 Å². The minimum absolute atomic E-state index is 0.299. The number of benzene rings is 1. The number of rotatable bonds is 7. The average Bonchev–Trinajstić information content (AvgIpc) is 3.52. The number of methoxy groups -OCH3 is 2. The van der Waals surface area contributed by atoms with E-state index in [9.17, 15) is 14.4 Å². The van der Waals surface area contributed by atoms with Gasteiger partial charge < -0.3 is 14.8 Å². The molecule has 0 unspecified atom stereocenters. The SMILES string of the molecule is COc1ccc(-c2csc(NC(=O)CN3C(=O)S/C(=C\c4cccs4)C3=O)n2)c(OC)c1. The van der Waals surface area contributed by atoms with Crippen molar-refractivity contribution in [2.24, 2.45) is 0 Å². The Hall–Kier alpha value is -3.15. The highest BCUT2D eigenvalue weighted by molar-refractivity contribution is 8.18. The standard InChI is InChI=1S/C21H17N3O5S3/c1-28-12-5-6-14(16(8-12)29-2)15-11-31-20(22-15)23-18(25)10-24-19(26)17(32-21(24)27)9-13-4-3-7-30-13/h3-9,11H,10H2,1-2H3,(H,22,23,25)/b17-9-. The molecule has 1 N–H and O–H groups in total. The Balaban J connectivity index is 1.43. The van der Waals surface area contributed by atoms with Crippen LogP contribution in [0.15, 0.2) is 46.0 Å². The summed E-state index contributed by atoms with van der Waals surface area (Å²) in [5.74, 6) is 0.251. The number of amides is 3. The lowest BCUT2D eigenvalue weighted by molar-refractivity contribution is -0.127. The molecule has 1 saturated heterocycles. The second-order valence-electron chi connectivity index (χ2n) is 6.44. The van der Waals surface area contributed by atoms with Crippen LogP contribution in [-0.4, -0.2) is 47.7 Å². The zero-order chi connectivity index (χ0) is 22.7. The normalized spacial score (nSPS) is 14.8. The molecule has 11 heteroatoms. The molecule has 3 aromatic rings. The lowest BCUT2D eigenvalue weighted by Gasteiger charge is -2.11. The summed E-state index contributed by atoms with van der Waals surface area (Å²) >= 11 is 3.52. The summed E-state index contributed by atoms with van der Waals surface area (Å²) in [5.41, 5.74) is 1.37. The topological polar surface area (TPSA) is 97.8 Å². The van der Waals surface area contributed by atoms with Gasteiger partial charge in [0, 0.05) is 21.9 Å². The number of anilines is 1. The molecule has 32 heavy (non-hydrogen) atoms. The number of nitrogens with one attached hydrogen (secondary N) is 1. The van der Waals surface area contributed by atoms with Crippen molar-refractivity contribution in [1.29, 1.82) is 0 Å². The Labute approximate surface area is 195 Å². The molecule has 0 spiro atoms. The van der Waals surface area contributed by atoms with Gasteiger partial charge in [-0.05, 0) is 41.4 Å². The summed E-state index contributed by atoms with van der Waals surface area (Å²) in [5, 5.41) is 6.19. The van der Waals surface area contributed by atoms with Gasteiger partial charge in [0.25, 0.3) is 11.1 Å². The van der Waals surface area contributed by atoms with E-state index in [1.165, 1.54) is 22.7 Å². The predicted molar refractivity (Wildman–Crippen MR) is 126 cm³/mol. The van der Waals surface area contributed by atoms with Crippen molar-refractivity contribution in [3.63, 3.8) is 0 Å². The van der Waals surface area contributed by atoms with E-state index in [2.05, 4.69) is 10.3 Å². The Morgan fingerprint density at radius 2 is 2.03 bits per heavy atom. The average molecular weight is 488 g/mol. The van der Waals surface area contributed by atoms with Crippen molar-refractivity contribution < 1.29 is 23.9 Å². The van der Waals surface area contributed by atoms with Gasteiger partial charge in [-0.2, -0.15) is 0 Å². The molecule has 3 amide bonds. The first-order valence-electron chi connectivity index (χ1n) is 9.25. The van der Waals surface area contributed by atoms with Gasteiger partial charge in [0.15, 0.2) is 5.13 Å². The number of thiophene rings is 1. The first kappa shape index (κ1) is 22.1. The number of thioether (sulfide) groups is 1. The molecule has 1 fully saturated rings. The predicted octanol–water partition coefficient (Wildman–Crippen LogP) is 4.56. The van der Waals surface area contributed by atoms with Crippen LogP contribution in [0, 0.1) is 0 Å². The first-order valence-corrected chi connectivity index (χ1v) is 11.8. The molecule has 0 bridgehead atoms. The number of nitrogens with zero attached hydrogens (tertiary/aromatic N) is 2. The minimum atomic E-state index is -0.507. The van der Waals surface area contributed by atoms with Gasteiger partial charge in [0.05, 0.1) is 24.8 Å². The maximum Gasteiger partial charge on any atom is 0.294 e. The van der Waals surface area contributed by atoms with Gasteiger partial charge in [-0.15, -0.1) is 22.7 Å². The maximum absolute atomic E-state index is 12.5. The van der Waals surface area contributed by atoms with E-state index in [-0.39, 0.29) is 6.54 Å². The van der Waals surface area contributed by atoms with Crippen LogP contribution in [0.1, 0.15) is 4.88 Å². The quantitative estimate of drug-likeness (QED) is 0.488. The van der Waals surface area contributed by atoms with Crippen LogP contribution in [0.25, 0.3) is 17.3 Å². The molecule has 0 saturated carbocycles. The number of hydrogen-bond acceptors (Lipinski definition) is 9. The van der Waals surface area contributed by atoms with Crippen LogP contribution in [0.2, 0.25) is 0 Å². The van der Waals surface area contributed by atoms with E-state index < -0.39 is 17.1 Å². The monoisotopic (exact) mass is 487 g/mol. The summed E-state index contributed by atoms with van der Waals surface area (Å²) in [6, 6.07) is 9.06. The fraction of sp³-hybridized carbons (Fsp3) is 0.143. The van der Waals surface area contributed by atoms with Crippen molar-refractivity contribution in [3.05, 3.63) is 50.9 Å². The Morgan fingerprint density at radius 1 is 1.19 bits per heavy atom. The third-order valence-electron chi connectivity index (χ3n) is 4.43.